The maximum atomic E-state index is 12.3. The van der Waals surface area contributed by atoms with E-state index in [0.29, 0.717) is 19.5 Å². The molecule has 106 valence electrons. The number of benzene rings is 1. The summed E-state index contributed by atoms with van der Waals surface area (Å²) in [5.74, 6) is 0.176. The molecule has 0 unspecified atom stereocenters. The fraction of sp³-hybridized carbons (Fsp3) is 0.562. The van der Waals surface area contributed by atoms with Crippen molar-refractivity contribution in [1.29, 1.82) is 0 Å². The van der Waals surface area contributed by atoms with Crippen LogP contribution in [0.2, 0.25) is 0 Å². The second kappa shape index (κ2) is 6.71. The first-order chi connectivity index (χ1) is 8.88. The highest BCUT2D eigenvalue weighted by atomic mass is 16.2. The van der Waals surface area contributed by atoms with E-state index in [0.717, 1.165) is 12.1 Å². The van der Waals surface area contributed by atoms with E-state index < -0.39 is 0 Å². The van der Waals surface area contributed by atoms with Gasteiger partial charge in [0.05, 0.1) is 6.42 Å². The summed E-state index contributed by atoms with van der Waals surface area (Å²) >= 11 is 0. The van der Waals surface area contributed by atoms with Crippen molar-refractivity contribution in [3.63, 3.8) is 0 Å². The lowest BCUT2D eigenvalue weighted by Crippen LogP contribution is -2.42. The highest BCUT2D eigenvalue weighted by Gasteiger charge is 2.22. The Morgan fingerprint density at radius 3 is 2.58 bits per heavy atom. The van der Waals surface area contributed by atoms with Gasteiger partial charge < -0.3 is 10.6 Å². The molecule has 0 aliphatic heterocycles. The Morgan fingerprint density at radius 2 is 2.05 bits per heavy atom. The third kappa shape index (κ3) is 5.03. The van der Waals surface area contributed by atoms with Gasteiger partial charge in [-0.05, 0) is 31.4 Å². The Labute approximate surface area is 116 Å². The molecule has 0 atom stereocenters. The molecule has 0 heterocycles. The molecular formula is C16H26N2O. The van der Waals surface area contributed by atoms with Gasteiger partial charge in [-0.3, -0.25) is 4.79 Å². The van der Waals surface area contributed by atoms with Crippen LogP contribution in [0.3, 0.4) is 0 Å². The first-order valence-electron chi connectivity index (χ1n) is 6.91. The van der Waals surface area contributed by atoms with Crippen LogP contribution in [0.4, 0.5) is 0 Å². The molecule has 1 aromatic rings. The van der Waals surface area contributed by atoms with E-state index in [4.69, 9.17) is 5.73 Å². The SMILES string of the molecule is CCN(CC(C)(C)CN)C(=O)Cc1cccc(C)c1. The summed E-state index contributed by atoms with van der Waals surface area (Å²) in [6.45, 7) is 10.3. The largest absolute Gasteiger partial charge is 0.342 e. The molecule has 0 radical (unpaired) electrons. The van der Waals surface area contributed by atoms with Crippen molar-refractivity contribution in [2.75, 3.05) is 19.6 Å². The number of amides is 1. The van der Waals surface area contributed by atoms with Crippen LogP contribution >= 0.6 is 0 Å². The van der Waals surface area contributed by atoms with Crippen molar-refractivity contribution < 1.29 is 4.79 Å². The van der Waals surface area contributed by atoms with Crippen molar-refractivity contribution in [3.8, 4) is 0 Å². The lowest BCUT2D eigenvalue weighted by atomic mass is 9.93. The number of likely N-dealkylation sites (N-methyl/N-ethyl adjacent to an activating group) is 1. The minimum atomic E-state index is -0.0295. The lowest BCUT2D eigenvalue weighted by molar-refractivity contribution is -0.131. The van der Waals surface area contributed by atoms with Gasteiger partial charge in [0.15, 0.2) is 0 Å². The Bertz CT molecular complexity index is 427. The number of aryl methyl sites for hydroxylation is 1. The van der Waals surface area contributed by atoms with Crippen LogP contribution < -0.4 is 5.73 Å². The molecule has 1 aromatic carbocycles. The molecule has 3 heteroatoms. The lowest BCUT2D eigenvalue weighted by Gasteiger charge is -2.31. The molecule has 0 aliphatic rings. The standard InChI is InChI=1S/C16H26N2O/c1-5-18(12-16(3,4)11-17)15(19)10-14-8-6-7-13(2)9-14/h6-9H,5,10-12,17H2,1-4H3. The summed E-state index contributed by atoms with van der Waals surface area (Å²) in [7, 11) is 0. The van der Waals surface area contributed by atoms with Crippen LogP contribution in [0.1, 0.15) is 31.9 Å². The van der Waals surface area contributed by atoms with Crippen LogP contribution in [0.15, 0.2) is 24.3 Å². The second-order valence-corrected chi connectivity index (χ2v) is 5.94. The van der Waals surface area contributed by atoms with Crippen LogP contribution in [0.5, 0.6) is 0 Å². The quantitative estimate of drug-likeness (QED) is 0.855. The molecule has 0 spiro atoms. The molecule has 0 fully saturated rings. The van der Waals surface area contributed by atoms with Crippen LogP contribution in [-0.4, -0.2) is 30.4 Å². The van der Waals surface area contributed by atoms with Crippen molar-refractivity contribution in [1.82, 2.24) is 4.90 Å². The van der Waals surface area contributed by atoms with Gasteiger partial charge >= 0.3 is 0 Å². The molecule has 2 N–H and O–H groups in total. The number of nitrogens with zero attached hydrogens (tertiary/aromatic N) is 1. The smallest absolute Gasteiger partial charge is 0.226 e. The van der Waals surface area contributed by atoms with E-state index in [-0.39, 0.29) is 11.3 Å². The zero-order valence-corrected chi connectivity index (χ0v) is 12.6. The number of carbonyl (C=O) groups is 1. The van der Waals surface area contributed by atoms with Gasteiger partial charge in [0.25, 0.3) is 0 Å². The Kier molecular flexibility index (Phi) is 5.55. The maximum absolute atomic E-state index is 12.3. The summed E-state index contributed by atoms with van der Waals surface area (Å²) in [5.41, 5.74) is 7.98. The monoisotopic (exact) mass is 262 g/mol. The molecule has 0 saturated carbocycles. The molecule has 0 aromatic heterocycles. The molecule has 0 bridgehead atoms. The molecule has 0 saturated heterocycles. The average molecular weight is 262 g/mol. The Morgan fingerprint density at radius 1 is 1.37 bits per heavy atom. The van der Waals surface area contributed by atoms with E-state index in [1.165, 1.54) is 5.56 Å². The van der Waals surface area contributed by atoms with E-state index in [2.05, 4.69) is 19.9 Å². The third-order valence-electron chi connectivity index (χ3n) is 3.34. The average Bonchev–Trinajstić information content (AvgIpc) is 2.36. The maximum Gasteiger partial charge on any atom is 0.226 e. The first kappa shape index (κ1) is 15.7. The third-order valence-corrected chi connectivity index (χ3v) is 3.34. The Hall–Kier alpha value is -1.35. The molecule has 0 aliphatic carbocycles. The molecule has 3 nitrogen and oxygen atoms in total. The zero-order valence-electron chi connectivity index (χ0n) is 12.6. The van der Waals surface area contributed by atoms with Gasteiger partial charge in [-0.2, -0.15) is 0 Å². The molecule has 1 amide bonds. The molecule has 19 heavy (non-hydrogen) atoms. The van der Waals surface area contributed by atoms with E-state index in [1.54, 1.807) is 0 Å². The van der Waals surface area contributed by atoms with Gasteiger partial charge in [0.2, 0.25) is 5.91 Å². The highest BCUT2D eigenvalue weighted by molar-refractivity contribution is 5.78. The van der Waals surface area contributed by atoms with Gasteiger partial charge in [0.1, 0.15) is 0 Å². The van der Waals surface area contributed by atoms with Crippen molar-refractivity contribution >= 4 is 5.91 Å². The topological polar surface area (TPSA) is 46.3 Å². The van der Waals surface area contributed by atoms with E-state index in [1.807, 2.05) is 36.9 Å². The minimum Gasteiger partial charge on any atom is -0.342 e. The predicted octanol–water partition coefficient (Wildman–Crippen LogP) is 2.37. The summed E-state index contributed by atoms with van der Waals surface area (Å²) in [6, 6.07) is 8.12. The van der Waals surface area contributed by atoms with Crippen LogP contribution in [-0.2, 0) is 11.2 Å². The van der Waals surface area contributed by atoms with Crippen LogP contribution in [0.25, 0.3) is 0 Å². The first-order valence-corrected chi connectivity index (χ1v) is 6.91. The van der Waals surface area contributed by atoms with E-state index in [9.17, 15) is 4.79 Å². The fourth-order valence-electron chi connectivity index (χ4n) is 2.07. The van der Waals surface area contributed by atoms with Crippen LogP contribution in [0, 0.1) is 12.3 Å². The normalized spacial score (nSPS) is 11.4. The number of nitrogens with two attached hydrogens (primary N) is 1. The number of hydrogen-bond donors (Lipinski definition) is 1. The molecular weight excluding hydrogens is 236 g/mol. The van der Waals surface area contributed by atoms with Crippen molar-refractivity contribution in [3.05, 3.63) is 35.4 Å². The van der Waals surface area contributed by atoms with Gasteiger partial charge in [0, 0.05) is 13.1 Å². The highest BCUT2D eigenvalue weighted by Crippen LogP contribution is 2.16. The zero-order chi connectivity index (χ0) is 14.5. The second-order valence-electron chi connectivity index (χ2n) is 5.94. The number of rotatable bonds is 6. The van der Waals surface area contributed by atoms with E-state index >= 15 is 0 Å². The minimum absolute atomic E-state index is 0.0295. The van der Waals surface area contributed by atoms with Crippen molar-refractivity contribution in [2.45, 2.75) is 34.1 Å². The summed E-state index contributed by atoms with van der Waals surface area (Å²) < 4.78 is 0. The number of hydrogen-bond acceptors (Lipinski definition) is 2. The van der Waals surface area contributed by atoms with Crippen molar-refractivity contribution in [2.24, 2.45) is 11.1 Å². The predicted molar refractivity (Wildman–Crippen MR) is 80.0 cm³/mol. The summed E-state index contributed by atoms with van der Waals surface area (Å²) in [5, 5.41) is 0. The van der Waals surface area contributed by atoms with Gasteiger partial charge in [-0.1, -0.05) is 43.7 Å². The fourth-order valence-corrected chi connectivity index (χ4v) is 2.07. The summed E-state index contributed by atoms with van der Waals surface area (Å²) in [4.78, 5) is 14.2. The molecule has 1 rings (SSSR count). The summed E-state index contributed by atoms with van der Waals surface area (Å²) in [6.07, 6.45) is 0.468. The van der Waals surface area contributed by atoms with Gasteiger partial charge in [-0.15, -0.1) is 0 Å². The number of carbonyl (C=O) groups excluding carboxylic acids is 1. The van der Waals surface area contributed by atoms with Gasteiger partial charge in [-0.25, -0.2) is 0 Å². The Balaban J connectivity index is 2.69.